The lowest BCUT2D eigenvalue weighted by atomic mass is 9.99. The minimum atomic E-state index is 0.268. The highest BCUT2D eigenvalue weighted by atomic mass is 16.3. The average molecular weight is 278 g/mol. The summed E-state index contributed by atoms with van der Waals surface area (Å²) in [6.45, 7) is 6.85. The standard InChI is InChI=1S/C15H26N4O/c1-11(2)18-7-4-3-5-13(18)15-16-14-9-12(10-20)6-8-19(14)17-15/h11-13,20H,3-10H2,1-2H3. The Morgan fingerprint density at radius 1 is 1.25 bits per heavy atom. The maximum Gasteiger partial charge on any atom is 0.168 e. The molecule has 0 bridgehead atoms. The highest BCUT2D eigenvalue weighted by Gasteiger charge is 2.31. The largest absolute Gasteiger partial charge is 0.396 e. The Bertz CT molecular complexity index is 457. The molecule has 20 heavy (non-hydrogen) atoms. The summed E-state index contributed by atoms with van der Waals surface area (Å²) in [5.74, 6) is 2.44. The average Bonchev–Trinajstić information content (AvgIpc) is 2.89. The van der Waals surface area contributed by atoms with Crippen molar-refractivity contribution in [1.82, 2.24) is 19.7 Å². The lowest BCUT2D eigenvalue weighted by molar-refractivity contribution is 0.106. The summed E-state index contributed by atoms with van der Waals surface area (Å²) < 4.78 is 2.06. The molecule has 0 aromatic carbocycles. The highest BCUT2D eigenvalue weighted by Crippen LogP contribution is 2.31. The van der Waals surface area contributed by atoms with Crippen LogP contribution in [0.15, 0.2) is 0 Å². The second kappa shape index (κ2) is 5.82. The van der Waals surface area contributed by atoms with Gasteiger partial charge in [0.05, 0.1) is 6.04 Å². The molecule has 5 heteroatoms. The van der Waals surface area contributed by atoms with Crippen LogP contribution in [-0.4, -0.2) is 44.0 Å². The van der Waals surface area contributed by atoms with E-state index < -0.39 is 0 Å². The van der Waals surface area contributed by atoms with Crippen LogP contribution in [0.2, 0.25) is 0 Å². The number of aryl methyl sites for hydroxylation is 1. The fourth-order valence-corrected chi connectivity index (χ4v) is 3.54. The van der Waals surface area contributed by atoms with Gasteiger partial charge in [-0.3, -0.25) is 4.90 Å². The minimum absolute atomic E-state index is 0.268. The molecule has 2 atom stereocenters. The maximum atomic E-state index is 9.32. The fourth-order valence-electron chi connectivity index (χ4n) is 3.54. The zero-order valence-electron chi connectivity index (χ0n) is 12.6. The first-order valence-electron chi connectivity index (χ1n) is 7.99. The van der Waals surface area contributed by atoms with E-state index in [1.807, 2.05) is 0 Å². The Kier molecular flexibility index (Phi) is 4.08. The van der Waals surface area contributed by atoms with Gasteiger partial charge in [0, 0.05) is 25.6 Å². The van der Waals surface area contributed by atoms with E-state index in [1.54, 1.807) is 0 Å². The van der Waals surface area contributed by atoms with Crippen LogP contribution in [0.5, 0.6) is 0 Å². The van der Waals surface area contributed by atoms with Crippen molar-refractivity contribution in [1.29, 1.82) is 0 Å². The summed E-state index contributed by atoms with van der Waals surface area (Å²) in [5, 5.41) is 14.1. The normalized spacial score (nSPS) is 27.8. The van der Waals surface area contributed by atoms with Crippen LogP contribution in [0, 0.1) is 5.92 Å². The number of likely N-dealkylation sites (tertiary alicyclic amines) is 1. The van der Waals surface area contributed by atoms with E-state index in [1.165, 1.54) is 19.3 Å². The Labute approximate surface area is 121 Å². The number of hydrogen-bond donors (Lipinski definition) is 1. The topological polar surface area (TPSA) is 54.2 Å². The minimum Gasteiger partial charge on any atom is -0.396 e. The van der Waals surface area contributed by atoms with Crippen LogP contribution < -0.4 is 0 Å². The number of piperidine rings is 1. The number of hydrogen-bond acceptors (Lipinski definition) is 4. The summed E-state index contributed by atoms with van der Waals surface area (Å²) in [6.07, 6.45) is 5.62. The first-order chi connectivity index (χ1) is 9.69. The maximum absolute atomic E-state index is 9.32. The van der Waals surface area contributed by atoms with E-state index in [9.17, 15) is 5.11 Å². The molecule has 1 saturated heterocycles. The van der Waals surface area contributed by atoms with E-state index in [4.69, 9.17) is 10.1 Å². The number of rotatable bonds is 3. The van der Waals surface area contributed by atoms with E-state index in [-0.39, 0.29) is 6.61 Å². The molecule has 5 nitrogen and oxygen atoms in total. The predicted octanol–water partition coefficient (Wildman–Crippen LogP) is 1.77. The molecule has 1 N–H and O–H groups in total. The zero-order valence-corrected chi connectivity index (χ0v) is 12.6. The van der Waals surface area contributed by atoms with Gasteiger partial charge in [0.25, 0.3) is 0 Å². The molecule has 1 aromatic rings. The van der Waals surface area contributed by atoms with Crippen LogP contribution in [0.3, 0.4) is 0 Å². The van der Waals surface area contributed by atoms with E-state index >= 15 is 0 Å². The van der Waals surface area contributed by atoms with Crippen molar-refractivity contribution in [3.05, 3.63) is 11.6 Å². The molecule has 112 valence electrons. The lowest BCUT2D eigenvalue weighted by Gasteiger charge is -2.36. The number of aromatic nitrogens is 3. The third kappa shape index (κ3) is 2.61. The SMILES string of the molecule is CC(C)N1CCCCC1c1nc2n(n1)CCC(CO)C2. The molecule has 0 spiro atoms. The zero-order chi connectivity index (χ0) is 14.1. The number of aliphatic hydroxyl groups is 1. The van der Waals surface area contributed by atoms with Gasteiger partial charge in [-0.2, -0.15) is 5.10 Å². The molecule has 0 radical (unpaired) electrons. The molecular formula is C15H26N4O. The molecule has 3 heterocycles. The third-order valence-electron chi connectivity index (χ3n) is 4.75. The van der Waals surface area contributed by atoms with Gasteiger partial charge in [0.15, 0.2) is 5.82 Å². The van der Waals surface area contributed by atoms with Crippen LogP contribution in [0.25, 0.3) is 0 Å². The smallest absolute Gasteiger partial charge is 0.168 e. The van der Waals surface area contributed by atoms with Crippen molar-refractivity contribution < 1.29 is 5.11 Å². The van der Waals surface area contributed by atoms with E-state index in [2.05, 4.69) is 23.4 Å². The van der Waals surface area contributed by atoms with Crippen LogP contribution in [-0.2, 0) is 13.0 Å². The number of aliphatic hydroxyl groups excluding tert-OH is 1. The van der Waals surface area contributed by atoms with Crippen molar-refractivity contribution in [2.75, 3.05) is 13.2 Å². The summed E-state index contributed by atoms with van der Waals surface area (Å²) in [5.41, 5.74) is 0. The van der Waals surface area contributed by atoms with Crippen LogP contribution in [0.4, 0.5) is 0 Å². The van der Waals surface area contributed by atoms with Crippen molar-refractivity contribution >= 4 is 0 Å². The highest BCUT2D eigenvalue weighted by molar-refractivity contribution is 5.03. The predicted molar refractivity (Wildman–Crippen MR) is 77.4 cm³/mol. The second-order valence-electron chi connectivity index (χ2n) is 6.49. The molecule has 3 rings (SSSR count). The van der Waals surface area contributed by atoms with E-state index in [0.717, 1.165) is 37.6 Å². The van der Waals surface area contributed by atoms with Crippen molar-refractivity contribution in [2.24, 2.45) is 5.92 Å². The van der Waals surface area contributed by atoms with Gasteiger partial charge < -0.3 is 5.11 Å². The van der Waals surface area contributed by atoms with Gasteiger partial charge >= 0.3 is 0 Å². The summed E-state index contributed by atoms with van der Waals surface area (Å²) >= 11 is 0. The van der Waals surface area contributed by atoms with Gasteiger partial charge in [0.2, 0.25) is 0 Å². The lowest BCUT2D eigenvalue weighted by Crippen LogP contribution is -2.39. The van der Waals surface area contributed by atoms with Crippen molar-refractivity contribution in [3.63, 3.8) is 0 Å². The van der Waals surface area contributed by atoms with Gasteiger partial charge in [0.1, 0.15) is 5.82 Å². The Balaban J connectivity index is 1.81. The molecule has 1 fully saturated rings. The van der Waals surface area contributed by atoms with Gasteiger partial charge in [-0.25, -0.2) is 9.67 Å². The van der Waals surface area contributed by atoms with Crippen molar-refractivity contribution in [2.45, 2.75) is 64.6 Å². The molecule has 0 aliphatic carbocycles. The van der Waals surface area contributed by atoms with Gasteiger partial charge in [-0.1, -0.05) is 6.42 Å². The Morgan fingerprint density at radius 3 is 2.85 bits per heavy atom. The summed E-state index contributed by atoms with van der Waals surface area (Å²) in [6, 6.07) is 0.931. The molecule has 2 unspecified atom stereocenters. The Morgan fingerprint density at radius 2 is 2.10 bits per heavy atom. The molecule has 2 aliphatic heterocycles. The summed E-state index contributed by atoms with van der Waals surface area (Å²) in [4.78, 5) is 7.34. The van der Waals surface area contributed by atoms with E-state index in [0.29, 0.717) is 18.0 Å². The molecule has 1 aromatic heterocycles. The number of fused-ring (bicyclic) bond motifs is 1. The molecule has 2 aliphatic rings. The molecule has 0 saturated carbocycles. The first-order valence-corrected chi connectivity index (χ1v) is 7.99. The first kappa shape index (κ1) is 14.0. The molecular weight excluding hydrogens is 252 g/mol. The monoisotopic (exact) mass is 278 g/mol. The molecule has 0 amide bonds. The second-order valence-corrected chi connectivity index (χ2v) is 6.49. The van der Waals surface area contributed by atoms with Gasteiger partial charge in [-0.15, -0.1) is 0 Å². The van der Waals surface area contributed by atoms with Crippen LogP contribution in [0.1, 0.15) is 57.2 Å². The Hall–Kier alpha value is -0.940. The quantitative estimate of drug-likeness (QED) is 0.915. The summed E-state index contributed by atoms with van der Waals surface area (Å²) in [7, 11) is 0. The van der Waals surface area contributed by atoms with Gasteiger partial charge in [-0.05, 0) is 45.6 Å². The van der Waals surface area contributed by atoms with Crippen LogP contribution >= 0.6 is 0 Å². The van der Waals surface area contributed by atoms with Crippen molar-refractivity contribution in [3.8, 4) is 0 Å². The third-order valence-corrected chi connectivity index (χ3v) is 4.75. The number of nitrogens with zero attached hydrogens (tertiary/aromatic N) is 4. The fraction of sp³-hybridized carbons (Fsp3) is 0.867.